The molecule has 1 aromatic carbocycles. The van der Waals surface area contributed by atoms with Crippen LogP contribution in [-0.4, -0.2) is 29.4 Å². The van der Waals surface area contributed by atoms with Crippen LogP contribution in [0, 0.1) is 6.92 Å². The summed E-state index contributed by atoms with van der Waals surface area (Å²) in [5.74, 6) is -0.544. The number of nitrogens with zero attached hydrogens (tertiary/aromatic N) is 1. The first-order valence-electron chi connectivity index (χ1n) is 8.65. The Morgan fingerprint density at radius 2 is 2.00 bits per heavy atom. The lowest BCUT2D eigenvalue weighted by atomic mass is 9.99. The summed E-state index contributed by atoms with van der Waals surface area (Å²) in [5.41, 5.74) is 3.56. The third-order valence-corrected chi connectivity index (χ3v) is 5.98. The van der Waals surface area contributed by atoms with Gasteiger partial charge in [-0.15, -0.1) is 11.3 Å². The third kappa shape index (κ3) is 3.76. The number of rotatable bonds is 4. The Balaban J connectivity index is 1.64. The molecule has 0 aliphatic carbocycles. The summed E-state index contributed by atoms with van der Waals surface area (Å²) in [5, 5.41) is 0. The van der Waals surface area contributed by atoms with Crippen LogP contribution < -0.4 is 0 Å². The normalized spacial score (nSPS) is 14.8. The van der Waals surface area contributed by atoms with Crippen molar-refractivity contribution in [3.8, 4) is 0 Å². The van der Waals surface area contributed by atoms with Crippen molar-refractivity contribution in [1.82, 2.24) is 4.90 Å². The SMILES string of the molecule is CCc1sc(C(=O)OC(C)C(=O)N2CCc3ccccc3C2)cc1C. The van der Waals surface area contributed by atoms with E-state index in [4.69, 9.17) is 4.74 Å². The van der Waals surface area contributed by atoms with Crippen LogP contribution in [0.4, 0.5) is 0 Å². The minimum Gasteiger partial charge on any atom is -0.448 e. The molecule has 0 N–H and O–H groups in total. The number of hydrogen-bond acceptors (Lipinski definition) is 4. The molecule has 0 bridgehead atoms. The molecule has 1 aliphatic rings. The minimum atomic E-state index is -0.773. The highest BCUT2D eigenvalue weighted by molar-refractivity contribution is 7.14. The maximum atomic E-state index is 12.7. The fraction of sp³-hybridized carbons (Fsp3) is 0.400. The van der Waals surface area contributed by atoms with Gasteiger partial charge in [0.2, 0.25) is 0 Å². The van der Waals surface area contributed by atoms with Crippen LogP contribution in [0.5, 0.6) is 0 Å². The minimum absolute atomic E-state index is 0.133. The quantitative estimate of drug-likeness (QED) is 0.783. The molecule has 25 heavy (non-hydrogen) atoms. The van der Waals surface area contributed by atoms with Crippen LogP contribution in [0.2, 0.25) is 0 Å². The number of esters is 1. The zero-order valence-corrected chi connectivity index (χ0v) is 15.7. The summed E-state index contributed by atoms with van der Waals surface area (Å²) >= 11 is 1.45. The molecule has 0 radical (unpaired) electrons. The van der Waals surface area contributed by atoms with Crippen LogP contribution in [-0.2, 0) is 28.9 Å². The maximum Gasteiger partial charge on any atom is 0.349 e. The van der Waals surface area contributed by atoms with Gasteiger partial charge >= 0.3 is 5.97 Å². The van der Waals surface area contributed by atoms with Crippen molar-refractivity contribution in [2.45, 2.75) is 46.3 Å². The van der Waals surface area contributed by atoms with Crippen LogP contribution >= 0.6 is 11.3 Å². The maximum absolute atomic E-state index is 12.7. The lowest BCUT2D eigenvalue weighted by Crippen LogP contribution is -2.42. The van der Waals surface area contributed by atoms with E-state index in [1.807, 2.05) is 31.2 Å². The van der Waals surface area contributed by atoms with E-state index in [9.17, 15) is 9.59 Å². The van der Waals surface area contributed by atoms with Crippen molar-refractivity contribution in [3.05, 3.63) is 56.8 Å². The van der Waals surface area contributed by atoms with Gasteiger partial charge in [0.1, 0.15) is 4.88 Å². The summed E-state index contributed by atoms with van der Waals surface area (Å²) < 4.78 is 5.43. The molecule has 132 valence electrons. The molecule has 1 unspecified atom stereocenters. The first-order valence-corrected chi connectivity index (χ1v) is 9.47. The number of carbonyl (C=O) groups is 2. The number of ether oxygens (including phenoxy) is 1. The Labute approximate surface area is 152 Å². The molecular formula is C20H23NO3S. The van der Waals surface area contributed by atoms with Crippen molar-refractivity contribution in [2.24, 2.45) is 0 Å². The molecule has 1 atom stereocenters. The summed E-state index contributed by atoms with van der Waals surface area (Å²) in [4.78, 5) is 28.5. The van der Waals surface area contributed by atoms with Gasteiger partial charge in [0, 0.05) is 18.0 Å². The molecule has 5 heteroatoms. The van der Waals surface area contributed by atoms with Crippen molar-refractivity contribution in [3.63, 3.8) is 0 Å². The second-order valence-electron chi connectivity index (χ2n) is 6.40. The molecule has 0 saturated carbocycles. The van der Waals surface area contributed by atoms with Crippen LogP contribution in [0.3, 0.4) is 0 Å². The van der Waals surface area contributed by atoms with Crippen LogP contribution in [0.25, 0.3) is 0 Å². The fourth-order valence-corrected chi connectivity index (χ4v) is 4.18. The monoisotopic (exact) mass is 357 g/mol. The molecule has 0 saturated heterocycles. The zero-order valence-electron chi connectivity index (χ0n) is 14.9. The molecule has 0 fully saturated rings. The van der Waals surface area contributed by atoms with Gasteiger partial charge in [-0.3, -0.25) is 4.79 Å². The van der Waals surface area contributed by atoms with E-state index >= 15 is 0 Å². The molecule has 4 nitrogen and oxygen atoms in total. The van der Waals surface area contributed by atoms with Crippen molar-refractivity contribution in [1.29, 1.82) is 0 Å². The Hall–Kier alpha value is -2.14. The number of fused-ring (bicyclic) bond motifs is 1. The van der Waals surface area contributed by atoms with Crippen molar-refractivity contribution < 1.29 is 14.3 Å². The number of benzene rings is 1. The first kappa shape index (κ1) is 17.7. The van der Waals surface area contributed by atoms with Crippen LogP contribution in [0.15, 0.2) is 30.3 Å². The summed E-state index contributed by atoms with van der Waals surface area (Å²) in [6.07, 6.45) is 0.961. The molecule has 1 aromatic heterocycles. The molecule has 2 aromatic rings. The number of thiophene rings is 1. The average Bonchev–Trinajstić information content (AvgIpc) is 3.01. The number of amides is 1. The van der Waals surface area contributed by atoms with E-state index < -0.39 is 12.1 Å². The highest BCUT2D eigenvalue weighted by Crippen LogP contribution is 2.24. The van der Waals surface area contributed by atoms with E-state index in [-0.39, 0.29) is 5.91 Å². The number of hydrogen-bond donors (Lipinski definition) is 0. The lowest BCUT2D eigenvalue weighted by Gasteiger charge is -2.30. The van der Waals surface area contributed by atoms with Crippen LogP contribution in [0.1, 0.15) is 45.1 Å². The smallest absolute Gasteiger partial charge is 0.349 e. The summed E-state index contributed by atoms with van der Waals surface area (Å²) in [6.45, 7) is 6.95. The van der Waals surface area contributed by atoms with Gasteiger partial charge in [-0.05, 0) is 49.4 Å². The zero-order chi connectivity index (χ0) is 18.0. The van der Waals surface area contributed by atoms with E-state index in [1.54, 1.807) is 11.8 Å². The molecule has 2 heterocycles. The summed E-state index contributed by atoms with van der Waals surface area (Å²) in [6, 6.07) is 10.0. The van der Waals surface area contributed by atoms with Gasteiger partial charge in [-0.1, -0.05) is 31.2 Å². The molecule has 0 spiro atoms. The van der Waals surface area contributed by atoms with Gasteiger partial charge in [0.15, 0.2) is 6.10 Å². The molecule has 3 rings (SSSR count). The van der Waals surface area contributed by atoms with Gasteiger partial charge in [0.05, 0.1) is 0 Å². The summed E-state index contributed by atoms with van der Waals surface area (Å²) in [7, 11) is 0. The highest BCUT2D eigenvalue weighted by Gasteiger charge is 2.27. The molecule has 1 amide bonds. The number of aryl methyl sites for hydroxylation is 2. The Bertz CT molecular complexity index is 796. The van der Waals surface area contributed by atoms with Crippen molar-refractivity contribution in [2.75, 3.05) is 6.54 Å². The largest absolute Gasteiger partial charge is 0.448 e. The molecule has 1 aliphatic heterocycles. The predicted octanol–water partition coefficient (Wildman–Crippen LogP) is 3.75. The predicted molar refractivity (Wildman–Crippen MR) is 98.9 cm³/mol. The number of carbonyl (C=O) groups excluding carboxylic acids is 2. The van der Waals surface area contributed by atoms with E-state index in [0.717, 1.165) is 18.4 Å². The Morgan fingerprint density at radius 3 is 2.68 bits per heavy atom. The standard InChI is InChI=1S/C20H23NO3S/c1-4-17-13(2)11-18(25-17)20(23)24-14(3)19(22)21-10-9-15-7-5-6-8-16(15)12-21/h5-8,11,14H,4,9-10,12H2,1-3H3. The Kier molecular flexibility index (Phi) is 5.23. The second-order valence-corrected chi connectivity index (χ2v) is 7.53. The van der Waals surface area contributed by atoms with E-state index in [2.05, 4.69) is 13.0 Å². The van der Waals surface area contributed by atoms with Crippen molar-refractivity contribution >= 4 is 23.2 Å². The fourth-order valence-electron chi connectivity index (χ4n) is 3.18. The lowest BCUT2D eigenvalue weighted by molar-refractivity contribution is -0.140. The average molecular weight is 357 g/mol. The second kappa shape index (κ2) is 7.40. The first-order chi connectivity index (χ1) is 12.0. The Morgan fingerprint density at radius 1 is 1.28 bits per heavy atom. The third-order valence-electron chi connectivity index (χ3n) is 4.62. The van der Waals surface area contributed by atoms with Gasteiger partial charge in [-0.25, -0.2) is 4.79 Å². The van der Waals surface area contributed by atoms with E-state index in [1.165, 1.54) is 27.3 Å². The topological polar surface area (TPSA) is 46.6 Å². The van der Waals surface area contributed by atoms with Gasteiger partial charge in [-0.2, -0.15) is 0 Å². The van der Waals surface area contributed by atoms with E-state index in [0.29, 0.717) is 18.0 Å². The highest BCUT2D eigenvalue weighted by atomic mass is 32.1. The molecular weight excluding hydrogens is 334 g/mol. The van der Waals surface area contributed by atoms with Gasteiger partial charge < -0.3 is 9.64 Å². The van der Waals surface area contributed by atoms with Gasteiger partial charge in [0.25, 0.3) is 5.91 Å².